The van der Waals surface area contributed by atoms with Crippen molar-refractivity contribution >= 4 is 17.7 Å². The lowest BCUT2D eigenvalue weighted by molar-refractivity contribution is -0.118. The fourth-order valence-electron chi connectivity index (χ4n) is 2.28. The second kappa shape index (κ2) is 7.35. The van der Waals surface area contributed by atoms with Crippen molar-refractivity contribution in [2.45, 2.75) is 18.6 Å². The number of nitrogens with one attached hydrogen (secondary N) is 1. The van der Waals surface area contributed by atoms with Crippen LogP contribution in [0, 0.1) is 6.92 Å². The summed E-state index contributed by atoms with van der Waals surface area (Å²) < 4.78 is 7.09. The number of rotatable bonds is 6. The molecule has 124 valence electrons. The Morgan fingerprint density at radius 3 is 2.83 bits per heavy atom. The van der Waals surface area contributed by atoms with Crippen molar-refractivity contribution in [3.63, 3.8) is 0 Å². The van der Waals surface area contributed by atoms with Gasteiger partial charge in [-0.2, -0.15) is 0 Å². The molecule has 0 aliphatic rings. The fraction of sp³-hybridized carbons (Fsp3) is 0.235. The van der Waals surface area contributed by atoms with Crippen LogP contribution in [0.1, 0.15) is 11.3 Å². The number of hydrogen-bond donors (Lipinski definition) is 1. The lowest BCUT2D eigenvalue weighted by Gasteiger charge is -2.06. The molecule has 0 fully saturated rings. The number of amides is 1. The van der Waals surface area contributed by atoms with Crippen molar-refractivity contribution in [2.75, 3.05) is 5.75 Å². The van der Waals surface area contributed by atoms with Gasteiger partial charge in [-0.15, -0.1) is 10.2 Å². The summed E-state index contributed by atoms with van der Waals surface area (Å²) in [6, 6.07) is 11.6. The highest BCUT2D eigenvalue weighted by Crippen LogP contribution is 2.24. The van der Waals surface area contributed by atoms with Crippen LogP contribution in [0.4, 0.5) is 0 Å². The van der Waals surface area contributed by atoms with Gasteiger partial charge in [0.15, 0.2) is 11.0 Å². The van der Waals surface area contributed by atoms with Gasteiger partial charge in [-0.1, -0.05) is 36.0 Å². The molecular formula is C17H18N4O2S. The normalized spacial score (nSPS) is 10.8. The minimum atomic E-state index is -0.0724. The third-order valence-electron chi connectivity index (χ3n) is 3.59. The lowest BCUT2D eigenvalue weighted by atomic mass is 10.1. The molecule has 0 atom stereocenters. The average molecular weight is 342 g/mol. The number of thioether (sulfide) groups is 1. The molecule has 1 N–H and O–H groups in total. The second-order valence-electron chi connectivity index (χ2n) is 5.32. The van der Waals surface area contributed by atoms with Crippen LogP contribution in [0.2, 0.25) is 0 Å². The molecule has 0 spiro atoms. The Hall–Kier alpha value is -2.54. The standard InChI is InChI=1S/C17H18N4O2S/c1-12-6-3-4-8-14(12)16-19-20-17(21(16)2)24-11-15(22)18-10-13-7-5-9-23-13/h3-9H,10-11H2,1-2H3,(H,18,22). The largest absolute Gasteiger partial charge is 0.467 e. The first-order valence-electron chi connectivity index (χ1n) is 7.52. The first-order chi connectivity index (χ1) is 11.6. The molecule has 2 heterocycles. The average Bonchev–Trinajstić information content (AvgIpc) is 3.22. The Balaban J connectivity index is 1.60. The van der Waals surface area contributed by atoms with Gasteiger partial charge < -0.3 is 14.3 Å². The summed E-state index contributed by atoms with van der Waals surface area (Å²) in [5.41, 5.74) is 2.18. The van der Waals surface area contributed by atoms with Crippen LogP contribution in [0.25, 0.3) is 11.4 Å². The number of aryl methyl sites for hydroxylation is 1. The highest BCUT2D eigenvalue weighted by molar-refractivity contribution is 7.99. The Morgan fingerprint density at radius 2 is 2.08 bits per heavy atom. The van der Waals surface area contributed by atoms with Gasteiger partial charge >= 0.3 is 0 Å². The van der Waals surface area contributed by atoms with E-state index in [1.165, 1.54) is 11.8 Å². The molecular weight excluding hydrogens is 324 g/mol. The van der Waals surface area contributed by atoms with Gasteiger partial charge in [0.2, 0.25) is 5.91 Å². The van der Waals surface area contributed by atoms with E-state index in [9.17, 15) is 4.79 Å². The quantitative estimate of drug-likeness (QED) is 0.697. The Labute approximate surface area is 144 Å². The summed E-state index contributed by atoms with van der Waals surface area (Å²) in [6.07, 6.45) is 1.59. The van der Waals surface area contributed by atoms with Crippen molar-refractivity contribution in [1.82, 2.24) is 20.1 Å². The summed E-state index contributed by atoms with van der Waals surface area (Å²) in [5, 5.41) is 12.0. The molecule has 0 radical (unpaired) electrons. The summed E-state index contributed by atoms with van der Waals surface area (Å²) in [4.78, 5) is 11.9. The van der Waals surface area contributed by atoms with Crippen molar-refractivity contribution in [3.05, 3.63) is 54.0 Å². The highest BCUT2D eigenvalue weighted by atomic mass is 32.2. The number of carbonyl (C=O) groups excluding carboxylic acids is 1. The van der Waals surface area contributed by atoms with Crippen molar-refractivity contribution in [1.29, 1.82) is 0 Å². The number of benzene rings is 1. The molecule has 7 heteroatoms. The summed E-state index contributed by atoms with van der Waals surface area (Å²) >= 11 is 1.36. The Kier molecular flexibility index (Phi) is 5.00. The van der Waals surface area contributed by atoms with E-state index in [0.29, 0.717) is 11.7 Å². The van der Waals surface area contributed by atoms with Gasteiger partial charge in [0.1, 0.15) is 5.76 Å². The lowest BCUT2D eigenvalue weighted by Crippen LogP contribution is -2.24. The summed E-state index contributed by atoms with van der Waals surface area (Å²) in [5.74, 6) is 1.73. The first kappa shape index (κ1) is 16.3. The number of aromatic nitrogens is 3. The molecule has 1 amide bonds. The van der Waals surface area contributed by atoms with E-state index in [2.05, 4.69) is 15.5 Å². The van der Waals surface area contributed by atoms with Crippen molar-refractivity contribution in [3.8, 4) is 11.4 Å². The summed E-state index contributed by atoms with van der Waals surface area (Å²) in [7, 11) is 1.91. The molecule has 0 bridgehead atoms. The predicted octanol–water partition coefficient (Wildman–Crippen LogP) is 2.79. The maximum atomic E-state index is 11.9. The van der Waals surface area contributed by atoms with Crippen LogP contribution in [-0.2, 0) is 18.4 Å². The number of nitrogens with zero attached hydrogens (tertiary/aromatic N) is 3. The zero-order chi connectivity index (χ0) is 16.9. The zero-order valence-electron chi connectivity index (χ0n) is 13.5. The zero-order valence-corrected chi connectivity index (χ0v) is 14.3. The molecule has 3 aromatic rings. The number of furan rings is 1. The van der Waals surface area contributed by atoms with Crippen molar-refractivity contribution < 1.29 is 9.21 Å². The molecule has 0 unspecified atom stereocenters. The van der Waals surface area contributed by atoms with E-state index in [0.717, 1.165) is 22.7 Å². The molecule has 0 saturated carbocycles. The van der Waals surface area contributed by atoms with E-state index in [1.54, 1.807) is 12.3 Å². The van der Waals surface area contributed by atoms with Crippen molar-refractivity contribution in [2.24, 2.45) is 7.05 Å². The number of carbonyl (C=O) groups is 1. The van der Waals surface area contributed by atoms with Gasteiger partial charge in [0, 0.05) is 12.6 Å². The molecule has 3 rings (SSSR count). The SMILES string of the molecule is Cc1ccccc1-c1nnc(SCC(=O)NCc2ccco2)n1C. The third-order valence-corrected chi connectivity index (χ3v) is 4.61. The van der Waals surface area contributed by atoms with Crippen LogP contribution in [0.15, 0.2) is 52.2 Å². The molecule has 0 saturated heterocycles. The minimum absolute atomic E-state index is 0.0724. The molecule has 0 aliphatic heterocycles. The van der Waals surface area contributed by atoms with Gasteiger partial charge in [0.05, 0.1) is 18.6 Å². The molecule has 2 aromatic heterocycles. The highest BCUT2D eigenvalue weighted by Gasteiger charge is 2.14. The van der Waals surface area contributed by atoms with Crippen LogP contribution in [-0.4, -0.2) is 26.4 Å². The van der Waals surface area contributed by atoms with E-state index in [1.807, 2.05) is 48.9 Å². The van der Waals surface area contributed by atoms with Crippen LogP contribution in [0.5, 0.6) is 0 Å². The summed E-state index contributed by atoms with van der Waals surface area (Å²) in [6.45, 7) is 2.43. The fourth-order valence-corrected chi connectivity index (χ4v) is 3.02. The van der Waals surface area contributed by atoms with E-state index in [-0.39, 0.29) is 11.7 Å². The molecule has 6 nitrogen and oxygen atoms in total. The second-order valence-corrected chi connectivity index (χ2v) is 6.27. The van der Waals surface area contributed by atoms with E-state index >= 15 is 0 Å². The minimum Gasteiger partial charge on any atom is -0.467 e. The molecule has 1 aromatic carbocycles. The topological polar surface area (TPSA) is 73.0 Å². The maximum absolute atomic E-state index is 11.9. The van der Waals surface area contributed by atoms with Crippen LogP contribution < -0.4 is 5.32 Å². The predicted molar refractivity (Wildman–Crippen MR) is 92.5 cm³/mol. The van der Waals surface area contributed by atoms with Crippen LogP contribution >= 0.6 is 11.8 Å². The Bertz CT molecular complexity index is 827. The van der Waals surface area contributed by atoms with Crippen LogP contribution in [0.3, 0.4) is 0 Å². The monoisotopic (exact) mass is 342 g/mol. The molecule has 0 aliphatic carbocycles. The third kappa shape index (κ3) is 3.68. The molecule has 24 heavy (non-hydrogen) atoms. The van der Waals surface area contributed by atoms with Gasteiger partial charge in [0.25, 0.3) is 0 Å². The smallest absolute Gasteiger partial charge is 0.230 e. The van der Waals surface area contributed by atoms with Gasteiger partial charge in [-0.3, -0.25) is 4.79 Å². The Morgan fingerprint density at radius 1 is 1.25 bits per heavy atom. The first-order valence-corrected chi connectivity index (χ1v) is 8.51. The number of hydrogen-bond acceptors (Lipinski definition) is 5. The van der Waals surface area contributed by atoms with Gasteiger partial charge in [-0.05, 0) is 24.6 Å². The van der Waals surface area contributed by atoms with E-state index < -0.39 is 0 Å². The van der Waals surface area contributed by atoms with E-state index in [4.69, 9.17) is 4.42 Å². The van der Waals surface area contributed by atoms with Gasteiger partial charge in [-0.25, -0.2) is 0 Å². The maximum Gasteiger partial charge on any atom is 0.230 e.